The van der Waals surface area contributed by atoms with Crippen LogP contribution < -0.4 is 0 Å². The van der Waals surface area contributed by atoms with Crippen molar-refractivity contribution < 1.29 is 14.4 Å². The smallest absolute Gasteiger partial charge is 0.377 e. The highest BCUT2D eigenvalue weighted by Crippen LogP contribution is 2.45. The zero-order valence-corrected chi connectivity index (χ0v) is 6.52. The van der Waals surface area contributed by atoms with Crippen LogP contribution in [0.25, 0.3) is 0 Å². The van der Waals surface area contributed by atoms with Crippen LogP contribution in [0, 0.1) is 5.92 Å². The minimum atomic E-state index is -1.14. The Bertz CT molecular complexity index is 320. The molecule has 1 aliphatic rings. The van der Waals surface area contributed by atoms with Crippen LogP contribution in [0.15, 0.2) is 4.52 Å². The summed E-state index contributed by atoms with van der Waals surface area (Å²) in [5.41, 5.74) is 0. The SMILES string of the molecule is C[C@@H]1C[C@H]1c1nc(C(=O)O)no1. The van der Waals surface area contributed by atoms with E-state index in [1.54, 1.807) is 0 Å². The third kappa shape index (κ3) is 1.07. The molecule has 1 N–H and O–H groups in total. The van der Waals surface area contributed by atoms with Crippen molar-refractivity contribution in [1.29, 1.82) is 0 Å². The Balaban J connectivity index is 2.19. The molecule has 0 saturated heterocycles. The Labute approximate surface area is 68.4 Å². The molecule has 1 aromatic rings. The second-order valence-corrected chi connectivity index (χ2v) is 3.08. The van der Waals surface area contributed by atoms with Gasteiger partial charge in [-0.2, -0.15) is 4.98 Å². The molecule has 0 aliphatic heterocycles. The Kier molecular flexibility index (Phi) is 1.39. The topological polar surface area (TPSA) is 76.2 Å². The predicted octanol–water partition coefficient (Wildman–Crippen LogP) is 0.891. The first-order valence-electron chi connectivity index (χ1n) is 3.75. The van der Waals surface area contributed by atoms with E-state index in [4.69, 9.17) is 9.63 Å². The maximum Gasteiger partial charge on any atom is 0.377 e. The highest BCUT2D eigenvalue weighted by atomic mass is 16.5. The molecule has 1 aromatic heterocycles. The highest BCUT2D eigenvalue weighted by molar-refractivity contribution is 5.82. The molecule has 1 saturated carbocycles. The van der Waals surface area contributed by atoms with Crippen LogP contribution in [0.4, 0.5) is 0 Å². The Morgan fingerprint density at radius 2 is 2.42 bits per heavy atom. The number of hydrogen-bond donors (Lipinski definition) is 1. The Morgan fingerprint density at radius 3 is 2.83 bits per heavy atom. The Hall–Kier alpha value is -1.39. The average molecular weight is 168 g/mol. The number of aromatic nitrogens is 2. The summed E-state index contributed by atoms with van der Waals surface area (Å²) in [5.74, 6) is -0.0972. The van der Waals surface area contributed by atoms with Crippen molar-refractivity contribution in [3.05, 3.63) is 11.7 Å². The molecule has 1 aliphatic carbocycles. The van der Waals surface area contributed by atoms with Gasteiger partial charge < -0.3 is 9.63 Å². The van der Waals surface area contributed by atoms with E-state index >= 15 is 0 Å². The van der Waals surface area contributed by atoms with Gasteiger partial charge in [0.2, 0.25) is 5.89 Å². The summed E-state index contributed by atoms with van der Waals surface area (Å²) in [6, 6.07) is 0. The number of nitrogens with zero attached hydrogens (tertiary/aromatic N) is 2. The van der Waals surface area contributed by atoms with Crippen LogP contribution in [0.2, 0.25) is 0 Å². The average Bonchev–Trinajstić information content (AvgIpc) is 2.59. The van der Waals surface area contributed by atoms with Gasteiger partial charge in [0.25, 0.3) is 5.82 Å². The number of carboxylic acids is 1. The third-order valence-electron chi connectivity index (χ3n) is 2.06. The summed E-state index contributed by atoms with van der Waals surface area (Å²) in [5, 5.41) is 11.8. The molecule has 2 rings (SSSR count). The molecule has 0 unspecified atom stereocenters. The normalized spacial score (nSPS) is 27.1. The lowest BCUT2D eigenvalue weighted by Crippen LogP contribution is -1.98. The molecular weight excluding hydrogens is 160 g/mol. The summed E-state index contributed by atoms with van der Waals surface area (Å²) in [6.07, 6.45) is 1.02. The number of hydrogen-bond acceptors (Lipinski definition) is 4. The maximum absolute atomic E-state index is 10.4. The molecule has 1 fully saturated rings. The minimum absolute atomic E-state index is 0.246. The summed E-state index contributed by atoms with van der Waals surface area (Å²) in [4.78, 5) is 14.1. The molecule has 12 heavy (non-hydrogen) atoms. The van der Waals surface area contributed by atoms with Crippen LogP contribution in [-0.2, 0) is 0 Å². The second-order valence-electron chi connectivity index (χ2n) is 3.08. The van der Waals surface area contributed by atoms with Crippen LogP contribution in [0.3, 0.4) is 0 Å². The number of rotatable bonds is 2. The van der Waals surface area contributed by atoms with E-state index < -0.39 is 5.97 Å². The lowest BCUT2D eigenvalue weighted by Gasteiger charge is -1.82. The quantitative estimate of drug-likeness (QED) is 0.709. The lowest BCUT2D eigenvalue weighted by molar-refractivity contribution is 0.0680. The van der Waals surface area contributed by atoms with Crippen molar-refractivity contribution >= 4 is 5.97 Å². The fourth-order valence-electron chi connectivity index (χ4n) is 1.14. The zero-order valence-electron chi connectivity index (χ0n) is 6.52. The molecule has 64 valence electrons. The van der Waals surface area contributed by atoms with Crippen LogP contribution in [-0.4, -0.2) is 21.2 Å². The first-order valence-corrected chi connectivity index (χ1v) is 3.75. The molecule has 0 aromatic carbocycles. The van der Waals surface area contributed by atoms with E-state index in [0.717, 1.165) is 6.42 Å². The van der Waals surface area contributed by atoms with Crippen LogP contribution in [0.1, 0.15) is 35.8 Å². The molecule has 5 nitrogen and oxygen atoms in total. The summed E-state index contributed by atoms with van der Waals surface area (Å²) in [6.45, 7) is 2.06. The van der Waals surface area contributed by atoms with Crippen LogP contribution in [0.5, 0.6) is 0 Å². The highest BCUT2D eigenvalue weighted by Gasteiger charge is 2.39. The molecule has 0 amide bonds. The molecule has 5 heteroatoms. The number of aromatic carboxylic acids is 1. The van der Waals surface area contributed by atoms with E-state index in [2.05, 4.69) is 17.1 Å². The van der Waals surface area contributed by atoms with E-state index in [9.17, 15) is 4.79 Å². The molecule has 1 heterocycles. The Morgan fingerprint density at radius 1 is 1.75 bits per heavy atom. The van der Waals surface area contributed by atoms with Crippen molar-refractivity contribution in [2.24, 2.45) is 5.92 Å². The van der Waals surface area contributed by atoms with Gasteiger partial charge in [0.1, 0.15) is 0 Å². The van der Waals surface area contributed by atoms with Crippen molar-refractivity contribution in [3.63, 3.8) is 0 Å². The van der Waals surface area contributed by atoms with Gasteiger partial charge in [-0.3, -0.25) is 0 Å². The van der Waals surface area contributed by atoms with E-state index in [-0.39, 0.29) is 11.7 Å². The zero-order chi connectivity index (χ0) is 8.72. The maximum atomic E-state index is 10.4. The number of carbonyl (C=O) groups is 1. The van der Waals surface area contributed by atoms with Gasteiger partial charge >= 0.3 is 5.97 Å². The molecular formula is C7H8N2O3. The molecule has 0 spiro atoms. The first kappa shape index (κ1) is 7.27. The fraction of sp³-hybridized carbons (Fsp3) is 0.571. The van der Waals surface area contributed by atoms with Gasteiger partial charge in [0, 0.05) is 5.92 Å². The van der Waals surface area contributed by atoms with E-state index in [1.807, 2.05) is 0 Å². The second kappa shape index (κ2) is 2.30. The van der Waals surface area contributed by atoms with Crippen LogP contribution >= 0.6 is 0 Å². The first-order chi connectivity index (χ1) is 5.68. The van der Waals surface area contributed by atoms with Gasteiger partial charge in [-0.15, -0.1) is 0 Å². The minimum Gasteiger partial charge on any atom is -0.475 e. The molecule has 0 radical (unpaired) electrons. The monoisotopic (exact) mass is 168 g/mol. The summed E-state index contributed by atoms with van der Waals surface area (Å²) < 4.78 is 4.78. The molecule has 2 atom stereocenters. The van der Waals surface area contributed by atoms with Crippen molar-refractivity contribution in [1.82, 2.24) is 10.1 Å². The fourth-order valence-corrected chi connectivity index (χ4v) is 1.14. The van der Waals surface area contributed by atoms with Gasteiger partial charge in [0.15, 0.2) is 0 Å². The van der Waals surface area contributed by atoms with Gasteiger partial charge in [-0.1, -0.05) is 6.92 Å². The van der Waals surface area contributed by atoms with Crippen molar-refractivity contribution in [3.8, 4) is 0 Å². The van der Waals surface area contributed by atoms with Gasteiger partial charge in [-0.25, -0.2) is 4.79 Å². The molecule has 0 bridgehead atoms. The predicted molar refractivity (Wildman–Crippen MR) is 37.8 cm³/mol. The van der Waals surface area contributed by atoms with Crippen molar-refractivity contribution in [2.75, 3.05) is 0 Å². The van der Waals surface area contributed by atoms with Gasteiger partial charge in [0.05, 0.1) is 0 Å². The van der Waals surface area contributed by atoms with Crippen molar-refractivity contribution in [2.45, 2.75) is 19.3 Å². The van der Waals surface area contributed by atoms with E-state index in [0.29, 0.717) is 11.8 Å². The summed E-state index contributed by atoms with van der Waals surface area (Å²) in [7, 11) is 0. The lowest BCUT2D eigenvalue weighted by atomic mass is 10.3. The third-order valence-corrected chi connectivity index (χ3v) is 2.06. The summed E-state index contributed by atoms with van der Waals surface area (Å²) >= 11 is 0. The van der Waals surface area contributed by atoms with E-state index in [1.165, 1.54) is 0 Å². The standard InChI is InChI=1S/C7H8N2O3/c1-3-2-4(3)6-8-5(7(10)11)9-12-6/h3-4H,2H2,1H3,(H,10,11)/t3-,4-/m1/s1. The number of carboxylic acid groups (broad SMARTS) is 1. The largest absolute Gasteiger partial charge is 0.475 e. The van der Waals surface area contributed by atoms with Gasteiger partial charge in [-0.05, 0) is 17.5 Å².